The molecule has 1 atom stereocenters. The summed E-state index contributed by atoms with van der Waals surface area (Å²) in [6.45, 7) is 1.80. The van der Waals surface area contributed by atoms with Gasteiger partial charge in [0.05, 0.1) is 25.3 Å². The number of amides is 1. The fourth-order valence-corrected chi connectivity index (χ4v) is 3.10. The highest BCUT2D eigenvalue weighted by Gasteiger charge is 2.16. The zero-order valence-corrected chi connectivity index (χ0v) is 16.5. The Morgan fingerprint density at radius 2 is 2.00 bits per heavy atom. The van der Waals surface area contributed by atoms with Crippen LogP contribution in [0.4, 0.5) is 4.39 Å². The van der Waals surface area contributed by atoms with E-state index < -0.39 is 6.04 Å². The largest absolute Gasteiger partial charge is 0.497 e. The van der Waals surface area contributed by atoms with Gasteiger partial charge in [0.25, 0.3) is 0 Å². The molecule has 0 aliphatic rings. The lowest BCUT2D eigenvalue weighted by atomic mass is 10.1. The molecule has 0 saturated carbocycles. The molecule has 0 aliphatic heterocycles. The van der Waals surface area contributed by atoms with E-state index in [4.69, 9.17) is 4.74 Å². The third-order valence-electron chi connectivity index (χ3n) is 4.65. The van der Waals surface area contributed by atoms with Crippen LogP contribution in [0.2, 0.25) is 0 Å². The molecular weight excluding hydrogens is 385 g/mol. The maximum atomic E-state index is 13.3. The first-order valence-corrected chi connectivity index (χ1v) is 9.42. The standard InChI is InChI=1S/C22H20FN5O2/c1-14(25-21(29)11-15-4-3-5-17(23)10-15)22-26-20-12-19(24-13-28(20)27-22)16-6-8-18(30-2)9-7-16/h3-10,12-14H,11H2,1-2H3,(H,25,29)/t14-/m0/s1. The third-order valence-corrected chi connectivity index (χ3v) is 4.65. The number of rotatable bonds is 6. The number of fused-ring (bicyclic) bond motifs is 1. The summed E-state index contributed by atoms with van der Waals surface area (Å²) in [5, 5.41) is 7.25. The molecule has 1 amide bonds. The average molecular weight is 405 g/mol. The number of halogens is 1. The fourth-order valence-electron chi connectivity index (χ4n) is 3.10. The Morgan fingerprint density at radius 3 is 2.73 bits per heavy atom. The average Bonchev–Trinajstić information content (AvgIpc) is 3.17. The second-order valence-electron chi connectivity index (χ2n) is 6.87. The van der Waals surface area contributed by atoms with Crippen molar-refractivity contribution >= 4 is 11.6 Å². The first-order chi connectivity index (χ1) is 14.5. The Labute approximate surface area is 172 Å². The van der Waals surface area contributed by atoms with E-state index in [1.165, 1.54) is 12.1 Å². The lowest BCUT2D eigenvalue weighted by Crippen LogP contribution is -2.28. The minimum Gasteiger partial charge on any atom is -0.497 e. The van der Waals surface area contributed by atoms with Crippen molar-refractivity contribution in [2.24, 2.45) is 0 Å². The summed E-state index contributed by atoms with van der Waals surface area (Å²) in [5.74, 6) is 0.642. The van der Waals surface area contributed by atoms with Crippen molar-refractivity contribution in [1.29, 1.82) is 0 Å². The van der Waals surface area contributed by atoms with Crippen molar-refractivity contribution in [1.82, 2.24) is 24.9 Å². The molecule has 2 aromatic carbocycles. The second kappa shape index (κ2) is 8.28. The van der Waals surface area contributed by atoms with Crippen molar-refractivity contribution in [3.63, 3.8) is 0 Å². The van der Waals surface area contributed by atoms with Crippen LogP contribution in [-0.2, 0) is 11.2 Å². The van der Waals surface area contributed by atoms with Crippen molar-refractivity contribution < 1.29 is 13.9 Å². The van der Waals surface area contributed by atoms with E-state index in [9.17, 15) is 9.18 Å². The maximum absolute atomic E-state index is 13.3. The molecule has 7 nitrogen and oxygen atoms in total. The molecule has 0 saturated heterocycles. The van der Waals surface area contributed by atoms with Gasteiger partial charge in [-0.2, -0.15) is 0 Å². The van der Waals surface area contributed by atoms with E-state index in [0.717, 1.165) is 17.0 Å². The van der Waals surface area contributed by atoms with Crippen LogP contribution in [0.5, 0.6) is 5.75 Å². The van der Waals surface area contributed by atoms with Crippen LogP contribution in [0.25, 0.3) is 16.9 Å². The van der Waals surface area contributed by atoms with Crippen molar-refractivity contribution in [2.45, 2.75) is 19.4 Å². The van der Waals surface area contributed by atoms with Crippen molar-refractivity contribution in [3.05, 3.63) is 78.1 Å². The van der Waals surface area contributed by atoms with Crippen LogP contribution < -0.4 is 10.1 Å². The molecule has 2 aromatic heterocycles. The van der Waals surface area contributed by atoms with Gasteiger partial charge >= 0.3 is 0 Å². The van der Waals surface area contributed by atoms with E-state index >= 15 is 0 Å². The van der Waals surface area contributed by atoms with Crippen LogP contribution in [0.15, 0.2) is 60.9 Å². The van der Waals surface area contributed by atoms with Crippen LogP contribution in [0, 0.1) is 5.82 Å². The Kier molecular flexibility index (Phi) is 5.38. The zero-order chi connectivity index (χ0) is 21.1. The van der Waals surface area contributed by atoms with Gasteiger partial charge in [-0.25, -0.2) is 18.9 Å². The number of methoxy groups -OCH3 is 1. The molecule has 1 N–H and O–H groups in total. The Balaban J connectivity index is 1.49. The number of hydrogen-bond acceptors (Lipinski definition) is 5. The molecule has 4 rings (SSSR count). The lowest BCUT2D eigenvalue weighted by molar-refractivity contribution is -0.121. The van der Waals surface area contributed by atoms with Crippen LogP contribution >= 0.6 is 0 Å². The van der Waals surface area contributed by atoms with E-state index in [0.29, 0.717) is 17.0 Å². The topological polar surface area (TPSA) is 81.4 Å². The lowest BCUT2D eigenvalue weighted by Gasteiger charge is -2.10. The normalized spacial score (nSPS) is 12.0. The van der Waals surface area contributed by atoms with Gasteiger partial charge in [0.1, 0.15) is 17.9 Å². The van der Waals surface area contributed by atoms with Gasteiger partial charge < -0.3 is 10.1 Å². The molecule has 0 aliphatic carbocycles. The third kappa shape index (κ3) is 4.27. The molecule has 152 valence electrons. The Bertz CT molecular complexity index is 1190. The monoisotopic (exact) mass is 405 g/mol. The maximum Gasteiger partial charge on any atom is 0.225 e. The number of nitrogens with one attached hydrogen (secondary N) is 1. The summed E-state index contributed by atoms with van der Waals surface area (Å²) in [6, 6.07) is 15.0. The van der Waals surface area contributed by atoms with Gasteiger partial charge in [0.15, 0.2) is 11.5 Å². The first-order valence-electron chi connectivity index (χ1n) is 9.42. The minimum atomic E-state index is -0.407. The number of hydrogen-bond donors (Lipinski definition) is 1. The molecule has 0 spiro atoms. The van der Waals surface area contributed by atoms with Gasteiger partial charge in [0.2, 0.25) is 5.91 Å². The second-order valence-corrected chi connectivity index (χ2v) is 6.87. The molecule has 8 heteroatoms. The van der Waals surface area contributed by atoms with Gasteiger partial charge in [-0.1, -0.05) is 12.1 Å². The molecule has 0 radical (unpaired) electrons. The molecule has 0 fully saturated rings. The summed E-state index contributed by atoms with van der Waals surface area (Å²) in [5.41, 5.74) is 2.92. The van der Waals surface area contributed by atoms with E-state index in [1.807, 2.05) is 30.3 Å². The van der Waals surface area contributed by atoms with Gasteiger partial charge in [-0.05, 0) is 48.9 Å². The highest BCUT2D eigenvalue weighted by molar-refractivity contribution is 5.78. The molecular formula is C22H20FN5O2. The highest BCUT2D eigenvalue weighted by Crippen LogP contribution is 2.21. The first kappa shape index (κ1) is 19.5. The van der Waals surface area contributed by atoms with Crippen LogP contribution in [-0.4, -0.2) is 32.6 Å². The van der Waals surface area contributed by atoms with Crippen LogP contribution in [0.3, 0.4) is 0 Å². The zero-order valence-electron chi connectivity index (χ0n) is 16.5. The van der Waals surface area contributed by atoms with Gasteiger partial charge in [0, 0.05) is 11.6 Å². The van der Waals surface area contributed by atoms with E-state index in [2.05, 4.69) is 20.4 Å². The molecule has 2 heterocycles. The minimum absolute atomic E-state index is 0.0820. The van der Waals surface area contributed by atoms with Gasteiger partial charge in [-0.3, -0.25) is 4.79 Å². The molecule has 0 unspecified atom stereocenters. The van der Waals surface area contributed by atoms with Crippen molar-refractivity contribution in [2.75, 3.05) is 7.11 Å². The molecule has 30 heavy (non-hydrogen) atoms. The number of carbonyl (C=O) groups excluding carboxylic acids is 1. The van der Waals surface area contributed by atoms with Crippen LogP contribution in [0.1, 0.15) is 24.4 Å². The summed E-state index contributed by atoms with van der Waals surface area (Å²) in [4.78, 5) is 21.2. The summed E-state index contributed by atoms with van der Waals surface area (Å²) >= 11 is 0. The number of carbonyl (C=O) groups is 1. The van der Waals surface area contributed by atoms with Crippen molar-refractivity contribution in [3.8, 4) is 17.0 Å². The quantitative estimate of drug-likeness (QED) is 0.532. The number of benzene rings is 2. The summed E-state index contributed by atoms with van der Waals surface area (Å²) in [7, 11) is 1.62. The predicted octanol–water partition coefficient (Wildman–Crippen LogP) is 3.36. The highest BCUT2D eigenvalue weighted by atomic mass is 19.1. The number of aromatic nitrogens is 4. The predicted molar refractivity (Wildman–Crippen MR) is 109 cm³/mol. The summed E-state index contributed by atoms with van der Waals surface area (Å²) in [6.07, 6.45) is 1.67. The van der Waals surface area contributed by atoms with Gasteiger partial charge in [-0.15, -0.1) is 5.10 Å². The number of nitrogens with zero attached hydrogens (tertiary/aromatic N) is 4. The fraction of sp³-hybridized carbons (Fsp3) is 0.182. The Morgan fingerprint density at radius 1 is 1.20 bits per heavy atom. The number of ether oxygens (including phenoxy) is 1. The smallest absolute Gasteiger partial charge is 0.225 e. The van der Waals surface area contributed by atoms with E-state index in [-0.39, 0.29) is 18.1 Å². The summed E-state index contributed by atoms with van der Waals surface area (Å²) < 4.78 is 20.0. The molecule has 0 bridgehead atoms. The van der Waals surface area contributed by atoms with E-state index in [1.54, 1.807) is 37.0 Å². The SMILES string of the molecule is COc1ccc(-c2cc3nc([C@H](C)NC(=O)Cc4cccc(F)c4)nn3cn2)cc1. The Hall–Kier alpha value is -3.81. The molecule has 4 aromatic rings.